The van der Waals surface area contributed by atoms with Crippen molar-refractivity contribution in [3.05, 3.63) is 21.4 Å². The lowest BCUT2D eigenvalue weighted by Gasteiger charge is -2.10. The maximum Gasteiger partial charge on any atom is 0.265 e. The fourth-order valence-electron chi connectivity index (χ4n) is 1.24. The van der Waals surface area contributed by atoms with Gasteiger partial charge in [-0.3, -0.25) is 4.79 Å². The van der Waals surface area contributed by atoms with Gasteiger partial charge >= 0.3 is 0 Å². The van der Waals surface area contributed by atoms with E-state index in [1.165, 1.54) is 11.3 Å². The molecule has 3 nitrogen and oxygen atoms in total. The van der Waals surface area contributed by atoms with Crippen LogP contribution in [0.3, 0.4) is 0 Å². The minimum atomic E-state index is -2.84. The molecule has 0 saturated heterocycles. The van der Waals surface area contributed by atoms with Gasteiger partial charge in [0.15, 0.2) is 0 Å². The van der Waals surface area contributed by atoms with Crippen LogP contribution in [0.15, 0.2) is 6.07 Å². The summed E-state index contributed by atoms with van der Waals surface area (Å²) in [5.41, 5.74) is 0.476. The Morgan fingerprint density at radius 2 is 2.19 bits per heavy atom. The van der Waals surface area contributed by atoms with Gasteiger partial charge in [0.1, 0.15) is 6.10 Å². The second-order valence-corrected chi connectivity index (χ2v) is 4.90. The molecule has 0 aliphatic rings. The zero-order valence-corrected chi connectivity index (χ0v) is 9.78. The van der Waals surface area contributed by atoms with Crippen LogP contribution in [0.2, 0.25) is 0 Å². The molecule has 0 aliphatic carbocycles. The van der Waals surface area contributed by atoms with Crippen molar-refractivity contribution in [2.24, 2.45) is 0 Å². The number of alkyl halides is 2. The van der Waals surface area contributed by atoms with Crippen molar-refractivity contribution in [1.29, 1.82) is 0 Å². The van der Waals surface area contributed by atoms with Crippen molar-refractivity contribution in [3.63, 3.8) is 0 Å². The monoisotopic (exact) mass is 249 g/mol. The Balaban J connectivity index is 2.56. The highest BCUT2D eigenvalue weighted by molar-refractivity contribution is 7.12. The highest BCUT2D eigenvalue weighted by Crippen LogP contribution is 2.20. The summed E-state index contributed by atoms with van der Waals surface area (Å²) < 4.78 is 23.9. The zero-order valence-electron chi connectivity index (χ0n) is 8.96. The lowest BCUT2D eigenvalue weighted by Crippen LogP contribution is -2.35. The Morgan fingerprint density at radius 3 is 2.62 bits per heavy atom. The molecule has 1 rings (SSSR count). The fourth-order valence-corrected chi connectivity index (χ4v) is 2.16. The molecule has 6 heteroatoms. The Labute approximate surface area is 96.1 Å². The van der Waals surface area contributed by atoms with Crippen LogP contribution in [0.4, 0.5) is 8.78 Å². The second kappa shape index (κ2) is 5.36. The molecular weight excluding hydrogens is 236 g/mol. The minimum absolute atomic E-state index is 0.429. The van der Waals surface area contributed by atoms with Crippen LogP contribution in [0.25, 0.3) is 0 Å². The number of thiophene rings is 1. The lowest BCUT2D eigenvalue weighted by molar-refractivity contribution is -0.00270. The van der Waals surface area contributed by atoms with Gasteiger partial charge in [0.2, 0.25) is 0 Å². The van der Waals surface area contributed by atoms with Crippen molar-refractivity contribution in [2.45, 2.75) is 26.4 Å². The molecule has 1 aromatic heterocycles. The third-order valence-corrected chi connectivity index (χ3v) is 3.01. The van der Waals surface area contributed by atoms with E-state index in [4.69, 9.17) is 5.11 Å². The summed E-state index contributed by atoms with van der Waals surface area (Å²) >= 11 is 1.47. The summed E-state index contributed by atoms with van der Waals surface area (Å²) in [6, 6.07) is 1.70. The Kier molecular flexibility index (Phi) is 4.37. The van der Waals surface area contributed by atoms with Crippen molar-refractivity contribution in [1.82, 2.24) is 5.32 Å². The standard InChI is InChI=1S/C10H13F2NO2S/c1-5-3-7(6(2)16-5)10(15)13-4-8(14)9(11)12/h3,8-9,14H,4H2,1-2H3,(H,13,15). The zero-order chi connectivity index (χ0) is 12.3. The summed E-state index contributed by atoms with van der Waals surface area (Å²) in [5.74, 6) is -0.429. The molecule has 0 aromatic carbocycles. The Hall–Kier alpha value is -1.01. The van der Waals surface area contributed by atoms with Gasteiger partial charge in [-0.05, 0) is 19.9 Å². The van der Waals surface area contributed by atoms with E-state index in [9.17, 15) is 13.6 Å². The van der Waals surface area contributed by atoms with E-state index in [1.807, 2.05) is 6.92 Å². The fraction of sp³-hybridized carbons (Fsp3) is 0.500. The van der Waals surface area contributed by atoms with E-state index < -0.39 is 25.0 Å². The summed E-state index contributed by atoms with van der Waals surface area (Å²) in [5, 5.41) is 11.1. The van der Waals surface area contributed by atoms with E-state index in [-0.39, 0.29) is 0 Å². The molecule has 0 radical (unpaired) electrons. The van der Waals surface area contributed by atoms with E-state index in [2.05, 4.69) is 5.32 Å². The molecule has 16 heavy (non-hydrogen) atoms. The number of carbonyl (C=O) groups excluding carboxylic acids is 1. The third-order valence-electron chi connectivity index (χ3n) is 2.05. The number of hydrogen-bond donors (Lipinski definition) is 2. The molecule has 1 atom stereocenters. The van der Waals surface area contributed by atoms with Gasteiger partial charge in [-0.1, -0.05) is 0 Å². The number of amides is 1. The normalized spacial score (nSPS) is 12.9. The molecule has 90 valence electrons. The predicted molar refractivity (Wildman–Crippen MR) is 58.1 cm³/mol. The number of carbonyl (C=O) groups is 1. The van der Waals surface area contributed by atoms with Crippen LogP contribution >= 0.6 is 11.3 Å². The molecular formula is C10H13F2NO2S. The number of halogens is 2. The second-order valence-electron chi connectivity index (χ2n) is 3.44. The van der Waals surface area contributed by atoms with Crippen LogP contribution in [0, 0.1) is 13.8 Å². The molecule has 2 N–H and O–H groups in total. The topological polar surface area (TPSA) is 49.3 Å². The first kappa shape index (κ1) is 13.1. The first-order chi connectivity index (χ1) is 7.41. The lowest BCUT2D eigenvalue weighted by atomic mass is 10.2. The molecule has 1 heterocycles. The maximum atomic E-state index is 12.0. The van der Waals surface area contributed by atoms with Crippen molar-refractivity contribution in [2.75, 3.05) is 6.54 Å². The van der Waals surface area contributed by atoms with Crippen LogP contribution < -0.4 is 5.32 Å². The predicted octanol–water partition coefficient (Wildman–Crippen LogP) is 1.72. The van der Waals surface area contributed by atoms with Crippen LogP contribution in [0.5, 0.6) is 0 Å². The van der Waals surface area contributed by atoms with Gasteiger partial charge in [0, 0.05) is 16.3 Å². The van der Waals surface area contributed by atoms with Crippen molar-refractivity contribution < 1.29 is 18.7 Å². The maximum absolute atomic E-state index is 12.0. The number of aliphatic hydroxyl groups excluding tert-OH is 1. The summed E-state index contributed by atoms with van der Waals surface area (Å²) in [7, 11) is 0. The molecule has 0 spiro atoms. The Morgan fingerprint density at radius 1 is 1.56 bits per heavy atom. The highest BCUT2D eigenvalue weighted by Gasteiger charge is 2.19. The van der Waals surface area contributed by atoms with Gasteiger partial charge in [0.25, 0.3) is 12.3 Å². The minimum Gasteiger partial charge on any atom is -0.385 e. The van der Waals surface area contributed by atoms with E-state index in [0.29, 0.717) is 5.56 Å². The molecule has 0 fully saturated rings. The van der Waals surface area contributed by atoms with E-state index >= 15 is 0 Å². The van der Waals surface area contributed by atoms with Crippen LogP contribution in [-0.4, -0.2) is 30.1 Å². The van der Waals surface area contributed by atoms with Gasteiger partial charge < -0.3 is 10.4 Å². The van der Waals surface area contributed by atoms with Gasteiger partial charge in [-0.15, -0.1) is 11.3 Å². The molecule has 0 aliphatic heterocycles. The van der Waals surface area contributed by atoms with Crippen LogP contribution in [0.1, 0.15) is 20.1 Å². The molecule has 0 bridgehead atoms. The summed E-state index contributed by atoms with van der Waals surface area (Å²) in [6.45, 7) is 3.21. The summed E-state index contributed by atoms with van der Waals surface area (Å²) in [4.78, 5) is 13.4. The molecule has 0 saturated carbocycles. The molecule has 1 aromatic rings. The number of aliphatic hydroxyl groups is 1. The number of rotatable bonds is 4. The SMILES string of the molecule is Cc1cc(C(=O)NCC(O)C(F)F)c(C)s1. The first-order valence-electron chi connectivity index (χ1n) is 4.73. The van der Waals surface area contributed by atoms with Gasteiger partial charge in [-0.2, -0.15) is 0 Å². The molecule has 1 unspecified atom stereocenters. The summed E-state index contributed by atoms with van der Waals surface area (Å²) in [6.07, 6.45) is -4.66. The van der Waals surface area contributed by atoms with Crippen molar-refractivity contribution in [3.8, 4) is 0 Å². The van der Waals surface area contributed by atoms with Crippen LogP contribution in [-0.2, 0) is 0 Å². The van der Waals surface area contributed by atoms with Gasteiger partial charge in [-0.25, -0.2) is 8.78 Å². The highest BCUT2D eigenvalue weighted by atomic mass is 32.1. The average Bonchev–Trinajstić information content (AvgIpc) is 2.53. The third kappa shape index (κ3) is 3.24. The largest absolute Gasteiger partial charge is 0.385 e. The van der Waals surface area contributed by atoms with E-state index in [0.717, 1.165) is 9.75 Å². The average molecular weight is 249 g/mol. The quantitative estimate of drug-likeness (QED) is 0.853. The van der Waals surface area contributed by atoms with Gasteiger partial charge in [0.05, 0.1) is 5.56 Å². The molecule has 1 amide bonds. The van der Waals surface area contributed by atoms with E-state index in [1.54, 1.807) is 13.0 Å². The first-order valence-corrected chi connectivity index (χ1v) is 5.55. The number of hydrogen-bond acceptors (Lipinski definition) is 3. The number of nitrogens with one attached hydrogen (secondary N) is 1. The Bertz CT molecular complexity index is 379. The number of aryl methyl sites for hydroxylation is 2. The smallest absolute Gasteiger partial charge is 0.265 e. The van der Waals surface area contributed by atoms with Crippen molar-refractivity contribution >= 4 is 17.2 Å².